The summed E-state index contributed by atoms with van der Waals surface area (Å²) in [5, 5.41) is 3.47. The Balaban J connectivity index is 1.81. The van der Waals surface area contributed by atoms with Gasteiger partial charge in [0.15, 0.2) is 0 Å². The van der Waals surface area contributed by atoms with E-state index in [9.17, 15) is 4.79 Å². The van der Waals surface area contributed by atoms with Gasteiger partial charge in [0.1, 0.15) is 0 Å². The molecule has 1 N–H and O–H groups in total. The molecule has 2 rings (SSSR count). The van der Waals surface area contributed by atoms with Crippen molar-refractivity contribution in [1.29, 1.82) is 0 Å². The molecule has 1 saturated carbocycles. The minimum atomic E-state index is 0.306. The number of hydrogen-bond acceptors (Lipinski definition) is 2. The molecular formula is C17H30N2O. The largest absolute Gasteiger partial charge is 0.339 e. The first kappa shape index (κ1) is 15.6. The van der Waals surface area contributed by atoms with Gasteiger partial charge in [0.2, 0.25) is 5.91 Å². The van der Waals surface area contributed by atoms with E-state index in [4.69, 9.17) is 0 Å². The Labute approximate surface area is 123 Å². The second-order valence-corrected chi connectivity index (χ2v) is 7.61. The van der Waals surface area contributed by atoms with Crippen LogP contribution < -0.4 is 5.32 Å². The Kier molecular flexibility index (Phi) is 4.90. The van der Waals surface area contributed by atoms with Crippen molar-refractivity contribution in [2.24, 2.45) is 11.3 Å². The maximum Gasteiger partial charge on any atom is 0.222 e. The molecule has 1 amide bonds. The second-order valence-electron chi connectivity index (χ2n) is 7.61. The molecule has 1 heterocycles. The zero-order valence-corrected chi connectivity index (χ0v) is 13.4. The Hall–Kier alpha value is -0.830. The van der Waals surface area contributed by atoms with Gasteiger partial charge in [-0.3, -0.25) is 4.79 Å². The third-order valence-corrected chi connectivity index (χ3v) is 4.66. The van der Waals surface area contributed by atoms with Crippen LogP contribution in [0.15, 0.2) is 12.2 Å². The molecular weight excluding hydrogens is 248 g/mol. The lowest BCUT2D eigenvalue weighted by molar-refractivity contribution is -0.130. The fourth-order valence-corrected chi connectivity index (χ4v) is 2.97. The van der Waals surface area contributed by atoms with E-state index in [2.05, 4.69) is 32.7 Å². The summed E-state index contributed by atoms with van der Waals surface area (Å²) in [5.74, 6) is 0.957. The SMILES string of the molecule is C=C(CNC1CC1)CN1CCC(C(C)(C)C)CCC1=O. The quantitative estimate of drug-likeness (QED) is 0.784. The van der Waals surface area contributed by atoms with Crippen molar-refractivity contribution >= 4 is 5.91 Å². The minimum Gasteiger partial charge on any atom is -0.339 e. The smallest absolute Gasteiger partial charge is 0.222 e. The monoisotopic (exact) mass is 278 g/mol. The molecule has 0 aromatic rings. The predicted octanol–water partition coefficient (Wildman–Crippen LogP) is 2.97. The van der Waals surface area contributed by atoms with Gasteiger partial charge in [-0.05, 0) is 42.6 Å². The van der Waals surface area contributed by atoms with E-state index in [0.717, 1.165) is 38.0 Å². The van der Waals surface area contributed by atoms with Crippen molar-refractivity contribution in [2.45, 2.75) is 58.9 Å². The lowest BCUT2D eigenvalue weighted by Crippen LogP contribution is -2.34. The summed E-state index contributed by atoms with van der Waals surface area (Å²) < 4.78 is 0. The number of amides is 1. The van der Waals surface area contributed by atoms with Crippen LogP contribution in [0.2, 0.25) is 0 Å². The van der Waals surface area contributed by atoms with E-state index >= 15 is 0 Å². The van der Waals surface area contributed by atoms with E-state index in [-0.39, 0.29) is 0 Å². The topological polar surface area (TPSA) is 32.3 Å². The van der Waals surface area contributed by atoms with Gasteiger partial charge >= 0.3 is 0 Å². The first-order valence-corrected chi connectivity index (χ1v) is 8.04. The van der Waals surface area contributed by atoms with Crippen LogP contribution in [0.25, 0.3) is 0 Å². The zero-order chi connectivity index (χ0) is 14.8. The number of nitrogens with zero attached hydrogens (tertiary/aromatic N) is 1. The van der Waals surface area contributed by atoms with Gasteiger partial charge in [-0.15, -0.1) is 0 Å². The van der Waals surface area contributed by atoms with E-state index < -0.39 is 0 Å². The van der Waals surface area contributed by atoms with Crippen molar-refractivity contribution in [1.82, 2.24) is 10.2 Å². The van der Waals surface area contributed by atoms with Crippen LogP contribution in [0, 0.1) is 11.3 Å². The summed E-state index contributed by atoms with van der Waals surface area (Å²) in [6, 6.07) is 0.705. The number of carbonyl (C=O) groups is 1. The van der Waals surface area contributed by atoms with Gasteiger partial charge in [0.05, 0.1) is 0 Å². The van der Waals surface area contributed by atoms with E-state index in [1.54, 1.807) is 0 Å². The molecule has 1 atom stereocenters. The number of likely N-dealkylation sites (tertiary alicyclic amines) is 1. The first-order valence-electron chi connectivity index (χ1n) is 8.04. The first-order chi connectivity index (χ1) is 9.36. The molecule has 2 aliphatic rings. The molecule has 0 aromatic carbocycles. The van der Waals surface area contributed by atoms with Gasteiger partial charge in [-0.2, -0.15) is 0 Å². The number of carbonyl (C=O) groups excluding carboxylic acids is 1. The molecule has 1 unspecified atom stereocenters. The minimum absolute atomic E-state index is 0.306. The molecule has 1 aliphatic heterocycles. The summed E-state index contributed by atoms with van der Waals surface area (Å²) in [6.45, 7) is 13.5. The average molecular weight is 278 g/mol. The molecule has 0 spiro atoms. The van der Waals surface area contributed by atoms with Crippen molar-refractivity contribution < 1.29 is 4.79 Å². The second kappa shape index (κ2) is 6.30. The standard InChI is InChI=1S/C17H30N2O/c1-13(11-18-15-6-7-15)12-19-10-9-14(17(2,3)4)5-8-16(19)20/h14-15,18H,1,5-12H2,2-4H3. The van der Waals surface area contributed by atoms with Crippen LogP contribution in [0.1, 0.15) is 52.9 Å². The Morgan fingerprint density at radius 3 is 2.60 bits per heavy atom. The van der Waals surface area contributed by atoms with Crippen molar-refractivity contribution in [3.63, 3.8) is 0 Å². The third kappa shape index (κ3) is 4.62. The number of hydrogen-bond donors (Lipinski definition) is 1. The molecule has 0 radical (unpaired) electrons. The van der Waals surface area contributed by atoms with Crippen LogP contribution in [-0.2, 0) is 4.79 Å². The summed E-state index contributed by atoms with van der Waals surface area (Å²) >= 11 is 0. The molecule has 3 nitrogen and oxygen atoms in total. The van der Waals surface area contributed by atoms with Gasteiger partial charge < -0.3 is 10.2 Å². The maximum absolute atomic E-state index is 12.2. The summed E-state index contributed by atoms with van der Waals surface area (Å²) in [6.07, 6.45) is 5.45. The van der Waals surface area contributed by atoms with Crippen LogP contribution >= 0.6 is 0 Å². The molecule has 1 aliphatic carbocycles. The van der Waals surface area contributed by atoms with Crippen molar-refractivity contribution in [3.05, 3.63) is 12.2 Å². The van der Waals surface area contributed by atoms with Crippen molar-refractivity contribution in [3.8, 4) is 0 Å². The Bertz CT molecular complexity index is 366. The third-order valence-electron chi connectivity index (χ3n) is 4.66. The molecule has 1 saturated heterocycles. The highest BCUT2D eigenvalue weighted by molar-refractivity contribution is 5.76. The predicted molar refractivity (Wildman–Crippen MR) is 83.5 cm³/mol. The number of nitrogens with one attached hydrogen (secondary N) is 1. The summed E-state index contributed by atoms with van der Waals surface area (Å²) in [7, 11) is 0. The lowest BCUT2D eigenvalue weighted by Gasteiger charge is -2.29. The van der Waals surface area contributed by atoms with Gasteiger partial charge in [-0.25, -0.2) is 0 Å². The van der Waals surface area contributed by atoms with Gasteiger partial charge in [0.25, 0.3) is 0 Å². The molecule has 0 aromatic heterocycles. The van der Waals surface area contributed by atoms with E-state index in [1.807, 2.05) is 4.90 Å². The molecule has 2 fully saturated rings. The summed E-state index contributed by atoms with van der Waals surface area (Å²) in [5.41, 5.74) is 1.44. The fraction of sp³-hybridized carbons (Fsp3) is 0.824. The molecule has 20 heavy (non-hydrogen) atoms. The van der Waals surface area contributed by atoms with E-state index in [0.29, 0.717) is 29.7 Å². The van der Waals surface area contributed by atoms with Crippen molar-refractivity contribution in [2.75, 3.05) is 19.6 Å². The van der Waals surface area contributed by atoms with Crippen LogP contribution in [0.3, 0.4) is 0 Å². The zero-order valence-electron chi connectivity index (χ0n) is 13.4. The average Bonchev–Trinajstić information content (AvgIpc) is 3.16. The van der Waals surface area contributed by atoms with Crippen LogP contribution in [0.4, 0.5) is 0 Å². The molecule has 114 valence electrons. The summed E-state index contributed by atoms with van der Waals surface area (Å²) in [4.78, 5) is 14.3. The highest BCUT2D eigenvalue weighted by Gasteiger charge is 2.30. The highest BCUT2D eigenvalue weighted by Crippen LogP contribution is 2.34. The lowest BCUT2D eigenvalue weighted by atomic mass is 9.77. The Morgan fingerprint density at radius 1 is 1.30 bits per heavy atom. The number of rotatable bonds is 5. The van der Waals surface area contributed by atoms with Crippen LogP contribution in [0.5, 0.6) is 0 Å². The van der Waals surface area contributed by atoms with Gasteiger partial charge in [0, 0.05) is 32.1 Å². The van der Waals surface area contributed by atoms with E-state index in [1.165, 1.54) is 12.8 Å². The molecule has 3 heteroatoms. The fourth-order valence-electron chi connectivity index (χ4n) is 2.97. The highest BCUT2D eigenvalue weighted by atomic mass is 16.2. The Morgan fingerprint density at radius 2 is 2.00 bits per heavy atom. The van der Waals surface area contributed by atoms with Gasteiger partial charge in [-0.1, -0.05) is 27.4 Å². The normalized spacial score (nSPS) is 24.6. The maximum atomic E-state index is 12.2. The molecule has 0 bridgehead atoms. The van der Waals surface area contributed by atoms with Crippen LogP contribution in [-0.4, -0.2) is 36.5 Å².